The molecule has 0 radical (unpaired) electrons. The van der Waals surface area contributed by atoms with Crippen LogP contribution in [0.1, 0.15) is 10.6 Å². The van der Waals surface area contributed by atoms with Gasteiger partial charge in [0.25, 0.3) is 0 Å². The summed E-state index contributed by atoms with van der Waals surface area (Å²) in [5.74, 6) is 0. The summed E-state index contributed by atoms with van der Waals surface area (Å²) in [6.07, 6.45) is 2.01. The van der Waals surface area contributed by atoms with Crippen molar-refractivity contribution in [1.82, 2.24) is 15.1 Å². The molecule has 98 valence electrons. The van der Waals surface area contributed by atoms with Crippen LogP contribution < -0.4 is 5.32 Å². The summed E-state index contributed by atoms with van der Waals surface area (Å²) in [5.41, 5.74) is 1.06. The first-order valence-electron chi connectivity index (χ1n) is 5.73. The molecule has 2 rings (SSSR count). The largest absolute Gasteiger partial charge is 0.383 e. The highest BCUT2D eigenvalue weighted by Crippen LogP contribution is 2.20. The predicted molar refractivity (Wildman–Crippen MR) is 76.9 cm³/mol. The molecule has 0 atom stereocenters. The van der Waals surface area contributed by atoms with E-state index in [9.17, 15) is 0 Å². The van der Waals surface area contributed by atoms with Gasteiger partial charge < -0.3 is 10.1 Å². The van der Waals surface area contributed by atoms with Crippen LogP contribution >= 0.6 is 27.3 Å². The molecule has 2 aromatic heterocycles. The molecule has 0 aliphatic carbocycles. The smallest absolute Gasteiger partial charge is 0.0762 e. The van der Waals surface area contributed by atoms with Gasteiger partial charge >= 0.3 is 0 Å². The first-order chi connectivity index (χ1) is 8.78. The fourth-order valence-electron chi connectivity index (χ4n) is 1.57. The van der Waals surface area contributed by atoms with Crippen LogP contribution in [0.5, 0.6) is 0 Å². The molecule has 0 aromatic carbocycles. The SMILES string of the molecule is COCCNCc1ccn(Cc2cc(Br)cs2)n1. The Balaban J connectivity index is 1.82. The van der Waals surface area contributed by atoms with Crippen LogP contribution in [0, 0.1) is 0 Å². The lowest BCUT2D eigenvalue weighted by Crippen LogP contribution is -2.19. The van der Waals surface area contributed by atoms with E-state index in [1.807, 2.05) is 16.9 Å². The van der Waals surface area contributed by atoms with E-state index >= 15 is 0 Å². The van der Waals surface area contributed by atoms with Gasteiger partial charge in [0.1, 0.15) is 0 Å². The van der Waals surface area contributed by atoms with Gasteiger partial charge in [-0.25, -0.2) is 0 Å². The second kappa shape index (κ2) is 7.04. The maximum Gasteiger partial charge on any atom is 0.0762 e. The van der Waals surface area contributed by atoms with Crippen molar-refractivity contribution >= 4 is 27.3 Å². The summed E-state index contributed by atoms with van der Waals surface area (Å²) in [7, 11) is 1.70. The monoisotopic (exact) mass is 329 g/mol. The highest BCUT2D eigenvalue weighted by atomic mass is 79.9. The Morgan fingerprint density at radius 2 is 2.44 bits per heavy atom. The van der Waals surface area contributed by atoms with Gasteiger partial charge in [0.2, 0.25) is 0 Å². The molecule has 0 amide bonds. The van der Waals surface area contributed by atoms with Crippen molar-refractivity contribution < 1.29 is 4.74 Å². The van der Waals surface area contributed by atoms with E-state index in [1.54, 1.807) is 18.4 Å². The number of halogens is 1. The average Bonchev–Trinajstić information content (AvgIpc) is 2.95. The van der Waals surface area contributed by atoms with Crippen LogP contribution in [0.15, 0.2) is 28.2 Å². The molecule has 0 fully saturated rings. The molecule has 0 spiro atoms. The third-order valence-corrected chi connectivity index (χ3v) is 4.11. The number of nitrogens with zero attached hydrogens (tertiary/aromatic N) is 2. The molecule has 0 saturated heterocycles. The highest BCUT2D eigenvalue weighted by molar-refractivity contribution is 9.10. The molecule has 0 aliphatic rings. The molecule has 1 N–H and O–H groups in total. The van der Waals surface area contributed by atoms with E-state index in [2.05, 4.69) is 37.8 Å². The number of nitrogens with one attached hydrogen (secondary N) is 1. The van der Waals surface area contributed by atoms with Gasteiger partial charge in [-0.1, -0.05) is 0 Å². The van der Waals surface area contributed by atoms with Crippen molar-refractivity contribution in [1.29, 1.82) is 0 Å². The summed E-state index contributed by atoms with van der Waals surface area (Å²) in [6.45, 7) is 3.18. The zero-order valence-corrected chi connectivity index (χ0v) is 12.6. The molecule has 2 aromatic rings. The molecule has 0 unspecified atom stereocenters. The molecule has 18 heavy (non-hydrogen) atoms. The summed E-state index contributed by atoms with van der Waals surface area (Å²) in [4.78, 5) is 1.30. The predicted octanol–water partition coefficient (Wildman–Crippen LogP) is 2.49. The molecule has 0 bridgehead atoms. The van der Waals surface area contributed by atoms with Gasteiger partial charge in [0.05, 0.1) is 18.8 Å². The number of ether oxygens (including phenoxy) is 1. The fourth-order valence-corrected chi connectivity index (χ4v) is 3.02. The van der Waals surface area contributed by atoms with E-state index in [0.717, 1.165) is 36.4 Å². The Morgan fingerprint density at radius 3 is 3.17 bits per heavy atom. The molecule has 2 heterocycles. The summed E-state index contributed by atoms with van der Waals surface area (Å²) in [6, 6.07) is 4.17. The van der Waals surface area contributed by atoms with Crippen LogP contribution in [0.3, 0.4) is 0 Å². The third kappa shape index (κ3) is 4.20. The number of hydrogen-bond donors (Lipinski definition) is 1. The van der Waals surface area contributed by atoms with Crippen molar-refractivity contribution in [2.45, 2.75) is 13.1 Å². The number of methoxy groups -OCH3 is 1. The summed E-state index contributed by atoms with van der Waals surface area (Å²) >= 11 is 5.20. The molecular formula is C12H16BrN3OS. The normalized spacial score (nSPS) is 11.0. The zero-order valence-electron chi connectivity index (χ0n) is 10.2. The molecule has 4 nitrogen and oxygen atoms in total. The summed E-state index contributed by atoms with van der Waals surface area (Å²) < 4.78 is 8.07. The fraction of sp³-hybridized carbons (Fsp3) is 0.417. The second-order valence-electron chi connectivity index (χ2n) is 3.91. The Kier molecular flexibility index (Phi) is 5.37. The maximum atomic E-state index is 4.98. The van der Waals surface area contributed by atoms with Crippen LogP contribution in [-0.2, 0) is 17.8 Å². The number of thiophene rings is 1. The van der Waals surface area contributed by atoms with Gasteiger partial charge in [0.15, 0.2) is 0 Å². The highest BCUT2D eigenvalue weighted by Gasteiger charge is 2.02. The van der Waals surface area contributed by atoms with Gasteiger partial charge in [-0.15, -0.1) is 11.3 Å². The molecule has 0 saturated carbocycles. The van der Waals surface area contributed by atoms with Crippen molar-refractivity contribution in [3.05, 3.63) is 38.8 Å². The Hall–Kier alpha value is -0.690. The quantitative estimate of drug-likeness (QED) is 0.793. The van der Waals surface area contributed by atoms with Crippen molar-refractivity contribution in [2.24, 2.45) is 0 Å². The van der Waals surface area contributed by atoms with Gasteiger partial charge in [-0.05, 0) is 28.1 Å². The lowest BCUT2D eigenvalue weighted by molar-refractivity contribution is 0.199. The Morgan fingerprint density at radius 1 is 1.56 bits per heavy atom. The first-order valence-corrected chi connectivity index (χ1v) is 7.40. The van der Waals surface area contributed by atoms with Gasteiger partial charge in [0, 0.05) is 41.1 Å². The molecule has 6 heteroatoms. The van der Waals surface area contributed by atoms with Crippen LogP contribution in [0.2, 0.25) is 0 Å². The minimum atomic E-state index is 0.726. The van der Waals surface area contributed by atoms with Crippen LogP contribution in [0.4, 0.5) is 0 Å². The van der Waals surface area contributed by atoms with E-state index < -0.39 is 0 Å². The van der Waals surface area contributed by atoms with E-state index in [-0.39, 0.29) is 0 Å². The Bertz CT molecular complexity index is 483. The van der Waals surface area contributed by atoms with Gasteiger partial charge in [-0.2, -0.15) is 5.10 Å². The minimum Gasteiger partial charge on any atom is -0.383 e. The van der Waals surface area contributed by atoms with Gasteiger partial charge in [-0.3, -0.25) is 4.68 Å². The van der Waals surface area contributed by atoms with Crippen LogP contribution in [0.25, 0.3) is 0 Å². The third-order valence-electron chi connectivity index (χ3n) is 2.42. The van der Waals surface area contributed by atoms with Crippen molar-refractivity contribution in [3.8, 4) is 0 Å². The molecular weight excluding hydrogens is 314 g/mol. The van der Waals surface area contributed by atoms with Crippen molar-refractivity contribution in [3.63, 3.8) is 0 Å². The topological polar surface area (TPSA) is 39.1 Å². The van der Waals surface area contributed by atoms with E-state index in [1.165, 1.54) is 4.88 Å². The lowest BCUT2D eigenvalue weighted by Gasteiger charge is -2.01. The number of hydrogen-bond acceptors (Lipinski definition) is 4. The second-order valence-corrected chi connectivity index (χ2v) is 5.82. The van der Waals surface area contributed by atoms with E-state index in [0.29, 0.717) is 0 Å². The Labute approximate surface area is 119 Å². The van der Waals surface area contributed by atoms with Crippen LogP contribution in [-0.4, -0.2) is 30.0 Å². The number of aromatic nitrogens is 2. The molecule has 0 aliphatic heterocycles. The van der Waals surface area contributed by atoms with E-state index in [4.69, 9.17) is 4.74 Å². The standard InChI is InChI=1S/C12H16BrN3OS/c1-17-5-3-14-7-11-2-4-16(15-11)8-12-6-10(13)9-18-12/h2,4,6,9,14H,3,5,7-8H2,1H3. The first kappa shape index (κ1) is 13.7. The maximum absolute atomic E-state index is 4.98. The average molecular weight is 330 g/mol. The number of rotatable bonds is 7. The lowest BCUT2D eigenvalue weighted by atomic mass is 10.4. The minimum absolute atomic E-state index is 0.726. The van der Waals surface area contributed by atoms with Crippen molar-refractivity contribution in [2.75, 3.05) is 20.3 Å². The zero-order chi connectivity index (χ0) is 12.8. The summed E-state index contributed by atoms with van der Waals surface area (Å²) in [5, 5.41) is 9.88.